The number of rotatable bonds is 4. The smallest absolute Gasteiger partial charge is 0.0175 e. The van der Waals surface area contributed by atoms with Gasteiger partial charge in [-0.05, 0) is 57.6 Å². The zero-order valence-electron chi connectivity index (χ0n) is 18.9. The summed E-state index contributed by atoms with van der Waals surface area (Å²) in [6, 6.07) is 0. The molecule has 0 spiro atoms. The van der Waals surface area contributed by atoms with Crippen molar-refractivity contribution in [1.29, 1.82) is 0 Å². The highest BCUT2D eigenvalue weighted by atomic mass is 31.1. The highest BCUT2D eigenvalue weighted by molar-refractivity contribution is 7.61. The van der Waals surface area contributed by atoms with E-state index in [1.54, 1.807) is 0 Å². The van der Waals surface area contributed by atoms with Gasteiger partial charge in [0.05, 0.1) is 0 Å². The van der Waals surface area contributed by atoms with Crippen LogP contribution in [-0.4, -0.2) is 32.9 Å². The molecule has 0 unspecified atom stereocenters. The van der Waals surface area contributed by atoms with Gasteiger partial charge >= 0.3 is 0 Å². The van der Waals surface area contributed by atoms with Crippen LogP contribution in [0.15, 0.2) is 0 Å². The average Bonchev–Trinajstić information content (AvgIpc) is 2.20. The maximum Gasteiger partial charge on any atom is -0.0175 e. The molecule has 0 nitrogen and oxygen atoms in total. The Morgan fingerprint density at radius 2 is 0.708 bits per heavy atom. The first-order valence-electron chi connectivity index (χ1n) is 9.99. The molecule has 0 aromatic heterocycles. The van der Waals surface area contributed by atoms with Gasteiger partial charge < -0.3 is 0 Å². The quantitative estimate of drug-likeness (QED) is 0.436. The first-order chi connectivity index (χ1) is 10.4. The van der Waals surface area contributed by atoms with E-state index in [-0.39, 0.29) is 15.8 Å². The number of hydrogen-bond donors (Lipinski definition) is 0. The Hall–Kier alpha value is 0.860. The molecule has 1 aliphatic rings. The van der Waals surface area contributed by atoms with Crippen molar-refractivity contribution in [2.45, 2.75) is 117 Å². The van der Waals surface area contributed by atoms with E-state index in [4.69, 9.17) is 0 Å². The molecule has 1 rings (SSSR count). The lowest BCUT2D eigenvalue weighted by atomic mass is 9.76. The third-order valence-corrected chi connectivity index (χ3v) is 13.8. The molecule has 0 aromatic rings. The van der Waals surface area contributed by atoms with Crippen LogP contribution >= 0.6 is 15.8 Å². The van der Waals surface area contributed by atoms with Crippen LogP contribution in [-0.2, 0) is 0 Å². The van der Waals surface area contributed by atoms with Crippen molar-refractivity contribution in [1.82, 2.24) is 0 Å². The van der Waals surface area contributed by atoms with Crippen LogP contribution in [0.1, 0.15) is 95.9 Å². The van der Waals surface area contributed by atoms with Crippen molar-refractivity contribution >= 4 is 15.8 Å². The summed E-state index contributed by atoms with van der Waals surface area (Å²) in [6.45, 7) is 29.8. The summed E-state index contributed by atoms with van der Waals surface area (Å²) >= 11 is 0. The first kappa shape index (κ1) is 22.9. The van der Waals surface area contributed by atoms with Gasteiger partial charge in [0.1, 0.15) is 0 Å². The van der Waals surface area contributed by atoms with Crippen molar-refractivity contribution in [2.75, 3.05) is 12.3 Å². The third-order valence-electron chi connectivity index (χ3n) is 5.65. The molecule has 0 bridgehead atoms. The van der Waals surface area contributed by atoms with Crippen LogP contribution in [0.4, 0.5) is 0 Å². The van der Waals surface area contributed by atoms with Gasteiger partial charge in [0.15, 0.2) is 0 Å². The molecule has 0 heterocycles. The topological polar surface area (TPSA) is 0 Å². The second-order valence-electron chi connectivity index (χ2n) is 12.0. The fourth-order valence-electron chi connectivity index (χ4n) is 4.70. The molecular weight excluding hydrogens is 326 g/mol. The van der Waals surface area contributed by atoms with Gasteiger partial charge in [-0.25, -0.2) is 0 Å². The molecule has 0 N–H and O–H groups in total. The van der Waals surface area contributed by atoms with Crippen LogP contribution in [0.3, 0.4) is 0 Å². The van der Waals surface area contributed by atoms with E-state index in [9.17, 15) is 0 Å². The van der Waals surface area contributed by atoms with Gasteiger partial charge in [0, 0.05) is 0 Å². The first-order valence-corrected chi connectivity index (χ1v) is 13.0. The molecule has 0 aliphatic heterocycles. The van der Waals surface area contributed by atoms with Gasteiger partial charge in [0.2, 0.25) is 0 Å². The summed E-state index contributed by atoms with van der Waals surface area (Å²) in [4.78, 5) is 0. The zero-order valence-corrected chi connectivity index (χ0v) is 20.7. The van der Waals surface area contributed by atoms with Crippen LogP contribution in [0.5, 0.6) is 0 Å². The molecule has 2 heteroatoms. The molecule has 2 atom stereocenters. The Labute approximate surface area is 156 Å². The SMILES string of the molecule is CC(C)(C)P(C[C@H]1CC[C@H]1CP(C(C)(C)C)C(C)(C)C)C(C)(C)C. The summed E-state index contributed by atoms with van der Waals surface area (Å²) in [6.07, 6.45) is 6.00. The Morgan fingerprint density at radius 3 is 0.833 bits per heavy atom. The van der Waals surface area contributed by atoms with E-state index in [2.05, 4.69) is 83.1 Å². The minimum absolute atomic E-state index is 0.0627. The van der Waals surface area contributed by atoms with Crippen LogP contribution in [0, 0.1) is 11.8 Å². The third kappa shape index (κ3) is 6.23. The Kier molecular flexibility index (Phi) is 7.13. The highest BCUT2D eigenvalue weighted by Gasteiger charge is 2.43. The molecule has 0 amide bonds. The predicted molar refractivity (Wildman–Crippen MR) is 119 cm³/mol. The predicted octanol–water partition coefficient (Wildman–Crippen LogP) is 8.17. The normalized spacial score (nSPS) is 23.8. The molecule has 1 saturated carbocycles. The van der Waals surface area contributed by atoms with E-state index < -0.39 is 0 Å². The van der Waals surface area contributed by atoms with E-state index in [0.717, 1.165) is 11.8 Å². The summed E-state index contributed by atoms with van der Waals surface area (Å²) in [7, 11) is 0.125. The maximum atomic E-state index is 2.48. The Bertz CT molecular complexity index is 330. The van der Waals surface area contributed by atoms with Crippen molar-refractivity contribution in [2.24, 2.45) is 11.8 Å². The zero-order chi connectivity index (χ0) is 19.1. The van der Waals surface area contributed by atoms with E-state index in [1.165, 1.54) is 25.2 Å². The minimum Gasteiger partial charge on any atom is -0.0954 e. The van der Waals surface area contributed by atoms with E-state index in [1.807, 2.05) is 0 Å². The molecule has 1 fully saturated rings. The molecule has 1 aliphatic carbocycles. The number of hydrogen-bond acceptors (Lipinski definition) is 0. The minimum atomic E-state index is 0.0627. The fourth-order valence-corrected chi connectivity index (χ4v) is 12.8. The molecule has 0 aromatic carbocycles. The molecule has 24 heavy (non-hydrogen) atoms. The Balaban J connectivity index is 2.83. The van der Waals surface area contributed by atoms with Crippen LogP contribution in [0.2, 0.25) is 0 Å². The Morgan fingerprint density at radius 1 is 0.500 bits per heavy atom. The summed E-state index contributed by atoms with van der Waals surface area (Å²) in [5.74, 6) is 2.01. The molecular formula is C22H46P2. The van der Waals surface area contributed by atoms with Gasteiger partial charge in [-0.3, -0.25) is 0 Å². The van der Waals surface area contributed by atoms with Crippen LogP contribution in [0.25, 0.3) is 0 Å². The summed E-state index contributed by atoms with van der Waals surface area (Å²) in [5, 5.41) is 1.91. The van der Waals surface area contributed by atoms with E-state index in [0.29, 0.717) is 20.6 Å². The van der Waals surface area contributed by atoms with E-state index >= 15 is 0 Å². The monoisotopic (exact) mass is 372 g/mol. The van der Waals surface area contributed by atoms with Gasteiger partial charge in [-0.15, -0.1) is 0 Å². The lowest BCUT2D eigenvalue weighted by Crippen LogP contribution is -2.38. The maximum absolute atomic E-state index is 2.48. The summed E-state index contributed by atoms with van der Waals surface area (Å²) < 4.78 is 0. The lowest BCUT2D eigenvalue weighted by Gasteiger charge is -2.50. The lowest BCUT2D eigenvalue weighted by molar-refractivity contribution is 0.224. The molecule has 0 radical (unpaired) electrons. The fraction of sp³-hybridized carbons (Fsp3) is 1.00. The van der Waals surface area contributed by atoms with Crippen molar-refractivity contribution in [3.05, 3.63) is 0 Å². The largest absolute Gasteiger partial charge is 0.0954 e. The highest BCUT2D eigenvalue weighted by Crippen LogP contribution is 2.65. The molecule has 0 saturated heterocycles. The van der Waals surface area contributed by atoms with Gasteiger partial charge in [-0.1, -0.05) is 98.9 Å². The second kappa shape index (κ2) is 7.47. The molecule has 144 valence electrons. The van der Waals surface area contributed by atoms with Crippen molar-refractivity contribution in [3.8, 4) is 0 Å². The van der Waals surface area contributed by atoms with Gasteiger partial charge in [0.25, 0.3) is 0 Å². The average molecular weight is 373 g/mol. The second-order valence-corrected chi connectivity index (χ2v) is 19.8. The van der Waals surface area contributed by atoms with Crippen molar-refractivity contribution in [3.63, 3.8) is 0 Å². The summed E-state index contributed by atoms with van der Waals surface area (Å²) in [5.41, 5.74) is 0. The van der Waals surface area contributed by atoms with Crippen molar-refractivity contribution < 1.29 is 0 Å². The standard InChI is InChI=1S/C22H46P2/c1-19(2,3)23(20(4,5)6)15-17-13-14-18(17)16-24(21(7,8)9)22(10,11)12/h17-18H,13-16H2,1-12H3/t17-,18+. The van der Waals surface area contributed by atoms with Crippen LogP contribution < -0.4 is 0 Å². The van der Waals surface area contributed by atoms with Gasteiger partial charge in [-0.2, -0.15) is 0 Å².